The van der Waals surface area contributed by atoms with Gasteiger partial charge in [0.05, 0.1) is 0 Å². The molecule has 0 amide bonds. The van der Waals surface area contributed by atoms with Crippen LogP contribution in [-0.2, 0) is 0 Å². The lowest BCUT2D eigenvalue weighted by Crippen LogP contribution is -2.16. The minimum atomic E-state index is -0.176. The Kier molecular flexibility index (Phi) is 1.95. The Hall–Kier alpha value is -0.700. The van der Waals surface area contributed by atoms with Crippen LogP contribution in [-0.4, -0.2) is 22.4 Å². The summed E-state index contributed by atoms with van der Waals surface area (Å²) in [7, 11) is 0. The standard InChI is InChI=1S/C6H7NOS/c8-6(9)5-3-1-2-4-7-5/h1-2,4-5H,3H2,(H,8,9). The van der Waals surface area contributed by atoms with Crippen LogP contribution >= 0.6 is 12.2 Å². The number of allylic oxidation sites excluding steroid dienone is 1. The van der Waals surface area contributed by atoms with Crippen LogP contribution in [0.4, 0.5) is 0 Å². The average Bonchev–Trinajstić information content (AvgIpc) is 1.90. The van der Waals surface area contributed by atoms with Crippen LogP contribution in [0.2, 0.25) is 0 Å². The summed E-state index contributed by atoms with van der Waals surface area (Å²) >= 11 is 4.52. The van der Waals surface area contributed by atoms with Gasteiger partial charge in [0.2, 0.25) is 0 Å². The van der Waals surface area contributed by atoms with Gasteiger partial charge in [-0.3, -0.25) is 4.99 Å². The predicted octanol–water partition coefficient (Wildman–Crippen LogP) is 1.27. The molecule has 1 atom stereocenters. The van der Waals surface area contributed by atoms with Crippen molar-refractivity contribution in [3.8, 4) is 0 Å². The zero-order chi connectivity index (χ0) is 6.69. The molecule has 2 nitrogen and oxygen atoms in total. The largest absolute Gasteiger partial charge is 0.500 e. The van der Waals surface area contributed by atoms with Crippen molar-refractivity contribution in [3.05, 3.63) is 12.2 Å². The molecule has 1 unspecified atom stereocenters. The molecule has 0 radical (unpaired) electrons. The van der Waals surface area contributed by atoms with Gasteiger partial charge in [-0.05, 0) is 24.7 Å². The summed E-state index contributed by atoms with van der Waals surface area (Å²) in [6.45, 7) is 0. The first-order valence-electron chi connectivity index (χ1n) is 2.72. The molecule has 1 rings (SSSR count). The van der Waals surface area contributed by atoms with Crippen molar-refractivity contribution < 1.29 is 5.11 Å². The van der Waals surface area contributed by atoms with Crippen LogP contribution in [0.3, 0.4) is 0 Å². The van der Waals surface area contributed by atoms with Gasteiger partial charge in [-0.25, -0.2) is 0 Å². The summed E-state index contributed by atoms with van der Waals surface area (Å²) in [6.07, 6.45) is 6.15. The van der Waals surface area contributed by atoms with Gasteiger partial charge < -0.3 is 5.11 Å². The van der Waals surface area contributed by atoms with Crippen LogP contribution in [0.5, 0.6) is 0 Å². The third kappa shape index (κ3) is 1.61. The molecule has 1 aliphatic rings. The van der Waals surface area contributed by atoms with Crippen LogP contribution in [0.1, 0.15) is 6.42 Å². The first-order chi connectivity index (χ1) is 4.30. The Morgan fingerprint density at radius 2 is 2.56 bits per heavy atom. The molecule has 0 saturated carbocycles. The second kappa shape index (κ2) is 2.73. The fraction of sp³-hybridized carbons (Fsp3) is 0.333. The molecule has 0 bridgehead atoms. The molecule has 0 spiro atoms. The van der Waals surface area contributed by atoms with Gasteiger partial charge in [0.1, 0.15) is 6.04 Å². The summed E-state index contributed by atoms with van der Waals surface area (Å²) in [5.41, 5.74) is 0. The lowest BCUT2D eigenvalue weighted by molar-refractivity contribution is 0.531. The number of thiocarbonyl (C=S) groups is 1. The third-order valence-corrected chi connectivity index (χ3v) is 1.40. The highest BCUT2D eigenvalue weighted by atomic mass is 32.1. The van der Waals surface area contributed by atoms with Crippen LogP contribution in [0.15, 0.2) is 17.1 Å². The number of rotatable bonds is 1. The molecule has 0 fully saturated rings. The van der Waals surface area contributed by atoms with Gasteiger partial charge in [0.15, 0.2) is 5.05 Å². The Bertz CT molecular complexity index is 174. The molecule has 0 aromatic carbocycles. The third-order valence-electron chi connectivity index (χ3n) is 1.13. The molecule has 0 aliphatic carbocycles. The number of aliphatic hydroxyl groups is 1. The summed E-state index contributed by atoms with van der Waals surface area (Å²) in [5.74, 6) is 0. The van der Waals surface area contributed by atoms with Crippen LogP contribution in [0.25, 0.3) is 0 Å². The topological polar surface area (TPSA) is 32.6 Å². The summed E-state index contributed by atoms with van der Waals surface area (Å²) in [5, 5.41) is 8.74. The zero-order valence-corrected chi connectivity index (χ0v) is 5.64. The molecule has 9 heavy (non-hydrogen) atoms. The van der Waals surface area contributed by atoms with E-state index >= 15 is 0 Å². The Morgan fingerprint density at radius 3 is 2.89 bits per heavy atom. The summed E-state index contributed by atoms with van der Waals surface area (Å²) in [6, 6.07) is -0.176. The smallest absolute Gasteiger partial charge is 0.182 e. The maximum absolute atomic E-state index is 8.76. The van der Waals surface area contributed by atoms with Gasteiger partial charge in [0, 0.05) is 6.21 Å². The van der Waals surface area contributed by atoms with E-state index in [9.17, 15) is 0 Å². The molecule has 1 N–H and O–H groups in total. The van der Waals surface area contributed by atoms with E-state index in [0.29, 0.717) is 0 Å². The van der Waals surface area contributed by atoms with E-state index in [1.165, 1.54) is 0 Å². The molecule has 0 saturated heterocycles. The molecular formula is C6H7NOS. The zero-order valence-electron chi connectivity index (χ0n) is 4.82. The van der Waals surface area contributed by atoms with Crippen molar-refractivity contribution in [1.29, 1.82) is 0 Å². The van der Waals surface area contributed by atoms with Crippen molar-refractivity contribution >= 4 is 23.5 Å². The maximum Gasteiger partial charge on any atom is 0.182 e. The Labute approximate surface area is 58.9 Å². The van der Waals surface area contributed by atoms with Crippen molar-refractivity contribution in [1.82, 2.24) is 0 Å². The number of dihydropyridines is 1. The van der Waals surface area contributed by atoms with Gasteiger partial charge in [-0.2, -0.15) is 0 Å². The number of aliphatic hydroxyl groups excluding tert-OH is 1. The maximum atomic E-state index is 8.76. The molecule has 1 aliphatic heterocycles. The molecule has 0 aromatic heterocycles. The first-order valence-corrected chi connectivity index (χ1v) is 3.12. The van der Waals surface area contributed by atoms with E-state index in [1.807, 2.05) is 12.2 Å². The van der Waals surface area contributed by atoms with Gasteiger partial charge in [0.25, 0.3) is 0 Å². The van der Waals surface area contributed by atoms with Crippen LogP contribution < -0.4 is 0 Å². The van der Waals surface area contributed by atoms with Crippen LogP contribution in [0, 0.1) is 0 Å². The minimum Gasteiger partial charge on any atom is -0.500 e. The Balaban J connectivity index is 2.56. The SMILES string of the molecule is OC(=S)C1CC=CC=N1. The number of nitrogens with zero attached hydrogens (tertiary/aromatic N) is 1. The van der Waals surface area contributed by atoms with E-state index in [2.05, 4.69) is 17.2 Å². The summed E-state index contributed by atoms with van der Waals surface area (Å²) < 4.78 is 0. The lowest BCUT2D eigenvalue weighted by atomic mass is 10.2. The van der Waals surface area contributed by atoms with Crippen molar-refractivity contribution in [2.24, 2.45) is 4.99 Å². The normalized spacial score (nSPS) is 24.2. The second-order valence-electron chi connectivity index (χ2n) is 1.82. The van der Waals surface area contributed by atoms with Crippen molar-refractivity contribution in [3.63, 3.8) is 0 Å². The molecule has 1 heterocycles. The fourth-order valence-electron chi connectivity index (χ4n) is 0.647. The fourth-order valence-corrected chi connectivity index (χ4v) is 0.804. The van der Waals surface area contributed by atoms with E-state index in [-0.39, 0.29) is 11.1 Å². The second-order valence-corrected chi connectivity index (χ2v) is 2.23. The Morgan fingerprint density at radius 1 is 1.78 bits per heavy atom. The van der Waals surface area contributed by atoms with E-state index in [0.717, 1.165) is 6.42 Å². The predicted molar refractivity (Wildman–Crippen MR) is 41.3 cm³/mol. The highest BCUT2D eigenvalue weighted by Gasteiger charge is 2.09. The number of aliphatic imine (C=N–C) groups is 1. The van der Waals surface area contributed by atoms with Crippen molar-refractivity contribution in [2.45, 2.75) is 12.5 Å². The first kappa shape index (κ1) is 6.42. The monoisotopic (exact) mass is 141 g/mol. The van der Waals surface area contributed by atoms with Gasteiger partial charge >= 0.3 is 0 Å². The summed E-state index contributed by atoms with van der Waals surface area (Å²) in [4.78, 5) is 3.93. The molecule has 0 aromatic rings. The quantitative estimate of drug-likeness (QED) is 0.558. The number of hydrogen-bond acceptors (Lipinski definition) is 2. The molecular weight excluding hydrogens is 134 g/mol. The average molecular weight is 141 g/mol. The van der Waals surface area contributed by atoms with E-state index < -0.39 is 0 Å². The van der Waals surface area contributed by atoms with E-state index in [4.69, 9.17) is 5.11 Å². The lowest BCUT2D eigenvalue weighted by Gasteiger charge is -2.07. The van der Waals surface area contributed by atoms with Gasteiger partial charge in [-0.1, -0.05) is 6.08 Å². The minimum absolute atomic E-state index is 0.0180. The highest BCUT2D eigenvalue weighted by Crippen LogP contribution is 2.03. The van der Waals surface area contributed by atoms with Gasteiger partial charge in [-0.15, -0.1) is 0 Å². The van der Waals surface area contributed by atoms with Crippen molar-refractivity contribution in [2.75, 3.05) is 0 Å². The highest BCUT2D eigenvalue weighted by molar-refractivity contribution is 7.80. The molecule has 48 valence electrons. The van der Waals surface area contributed by atoms with E-state index in [1.54, 1.807) is 6.21 Å². The molecule has 3 heteroatoms. The number of hydrogen-bond donors (Lipinski definition) is 1.